The largest absolute Gasteiger partial charge is 0.309 e. The molecule has 0 unspecified atom stereocenters. The van der Waals surface area contributed by atoms with Crippen LogP contribution in [-0.2, 0) is 0 Å². The molecule has 0 spiro atoms. The summed E-state index contributed by atoms with van der Waals surface area (Å²) in [5, 5.41) is 9.79. The van der Waals surface area contributed by atoms with Gasteiger partial charge in [0, 0.05) is 32.9 Å². The molecular formula is C66H46N2Si. The molecule has 0 bridgehead atoms. The fourth-order valence-corrected chi connectivity index (χ4v) is 15.9. The predicted molar refractivity (Wildman–Crippen MR) is 295 cm³/mol. The van der Waals surface area contributed by atoms with Crippen molar-refractivity contribution in [2.45, 2.75) is 0 Å². The minimum absolute atomic E-state index is 0.166. The Bertz CT molecular complexity index is 4220. The van der Waals surface area contributed by atoms with E-state index in [4.69, 9.17) is 6.85 Å². The molecular weight excluding hydrogens is 849 g/mol. The summed E-state index contributed by atoms with van der Waals surface area (Å²) in [4.78, 5) is 0. The molecule has 11 aromatic carbocycles. The Labute approximate surface area is 410 Å². The highest BCUT2D eigenvalue weighted by atomic mass is 28.3. The molecule has 324 valence electrons. The molecule has 0 aliphatic carbocycles. The Morgan fingerprint density at radius 3 is 1.42 bits per heavy atom. The van der Waals surface area contributed by atoms with Gasteiger partial charge in [-0.2, -0.15) is 0 Å². The van der Waals surface area contributed by atoms with Crippen LogP contribution in [0, 0.1) is 0 Å². The normalized spacial score (nSPS) is 12.8. The van der Waals surface area contributed by atoms with Gasteiger partial charge in [-0.15, -0.1) is 0 Å². The second-order valence-corrected chi connectivity index (χ2v) is 21.4. The van der Waals surface area contributed by atoms with E-state index in [-0.39, 0.29) is 29.7 Å². The third kappa shape index (κ3) is 6.70. The van der Waals surface area contributed by atoms with Gasteiger partial charge in [0.2, 0.25) is 0 Å². The SMILES string of the molecule is [2H]c1c([2H])c([2H])c(-c2cc(-c3ccccc3)cc(-n3c4ccccc4c4cc(-n5c6ccccc6c6c([Si](c7ccccc7)(c7ccccc7)c7ccc(-c8ccccc8)cc7)cccc65)ccc43)c2)c([2H])c1[2H]. The second-order valence-electron chi connectivity index (χ2n) is 17.7. The average Bonchev–Trinajstić information content (AvgIpc) is 3.98. The summed E-state index contributed by atoms with van der Waals surface area (Å²) < 4.78 is 48.2. The van der Waals surface area contributed by atoms with Crippen molar-refractivity contribution in [3.8, 4) is 44.8 Å². The van der Waals surface area contributed by atoms with Crippen molar-refractivity contribution in [1.29, 1.82) is 0 Å². The number of aromatic nitrogens is 2. The Balaban J connectivity index is 1.06. The maximum absolute atomic E-state index is 9.00. The van der Waals surface area contributed by atoms with Crippen molar-refractivity contribution in [2.75, 3.05) is 0 Å². The van der Waals surface area contributed by atoms with E-state index in [9.17, 15) is 0 Å². The van der Waals surface area contributed by atoms with E-state index in [1.807, 2.05) is 42.5 Å². The molecule has 69 heavy (non-hydrogen) atoms. The van der Waals surface area contributed by atoms with Crippen molar-refractivity contribution in [1.82, 2.24) is 9.13 Å². The third-order valence-electron chi connectivity index (χ3n) is 13.9. The Kier molecular flexibility index (Phi) is 8.65. The van der Waals surface area contributed by atoms with E-state index in [0.717, 1.165) is 55.3 Å². The molecule has 0 saturated carbocycles. The third-order valence-corrected chi connectivity index (χ3v) is 18.7. The Hall–Kier alpha value is -8.76. The number of fused-ring (bicyclic) bond motifs is 6. The van der Waals surface area contributed by atoms with E-state index in [0.29, 0.717) is 5.56 Å². The van der Waals surface area contributed by atoms with E-state index >= 15 is 0 Å². The number of para-hydroxylation sites is 2. The molecule has 2 aromatic heterocycles. The lowest BCUT2D eigenvalue weighted by Gasteiger charge is -2.35. The van der Waals surface area contributed by atoms with Crippen molar-refractivity contribution in [2.24, 2.45) is 0 Å². The quantitative estimate of drug-likeness (QED) is 0.101. The summed E-state index contributed by atoms with van der Waals surface area (Å²) in [5.74, 6) is 0. The topological polar surface area (TPSA) is 9.86 Å². The van der Waals surface area contributed by atoms with Crippen LogP contribution in [0.25, 0.3) is 88.4 Å². The van der Waals surface area contributed by atoms with Gasteiger partial charge in [0.25, 0.3) is 0 Å². The fraction of sp³-hybridized carbons (Fsp3) is 0. The highest BCUT2D eigenvalue weighted by Gasteiger charge is 2.43. The number of hydrogen-bond acceptors (Lipinski definition) is 0. The van der Waals surface area contributed by atoms with Gasteiger partial charge >= 0.3 is 0 Å². The van der Waals surface area contributed by atoms with Gasteiger partial charge < -0.3 is 9.13 Å². The first-order valence-electron chi connectivity index (χ1n) is 25.9. The van der Waals surface area contributed by atoms with Gasteiger partial charge in [0.1, 0.15) is 0 Å². The van der Waals surface area contributed by atoms with Gasteiger partial charge in [-0.05, 0) is 109 Å². The van der Waals surface area contributed by atoms with Crippen LogP contribution in [0.15, 0.2) is 279 Å². The zero-order chi connectivity index (χ0) is 50.1. The molecule has 13 aromatic rings. The van der Waals surface area contributed by atoms with Crippen molar-refractivity contribution >= 4 is 72.4 Å². The average molecular weight is 900 g/mol. The number of hydrogen-bond donors (Lipinski definition) is 0. The summed E-state index contributed by atoms with van der Waals surface area (Å²) in [6, 6.07) is 87.5. The molecule has 3 heteroatoms. The maximum Gasteiger partial charge on any atom is 0.180 e. The van der Waals surface area contributed by atoms with E-state index < -0.39 is 14.1 Å². The number of rotatable bonds is 9. The van der Waals surface area contributed by atoms with Gasteiger partial charge in [0.15, 0.2) is 8.07 Å². The van der Waals surface area contributed by atoms with Gasteiger partial charge in [0.05, 0.1) is 28.9 Å². The molecule has 13 rings (SSSR count). The highest BCUT2D eigenvalue weighted by Crippen LogP contribution is 2.39. The minimum Gasteiger partial charge on any atom is -0.309 e. The van der Waals surface area contributed by atoms with Crippen LogP contribution >= 0.6 is 0 Å². The zero-order valence-electron chi connectivity index (χ0n) is 42.6. The summed E-state index contributed by atoms with van der Waals surface area (Å²) in [7, 11) is -3.05. The van der Waals surface area contributed by atoms with Crippen LogP contribution in [0.3, 0.4) is 0 Å². The van der Waals surface area contributed by atoms with Crippen LogP contribution in [-0.4, -0.2) is 17.2 Å². The molecule has 0 N–H and O–H groups in total. The molecule has 0 amide bonds. The fourth-order valence-electron chi connectivity index (χ4n) is 11.0. The lowest BCUT2D eigenvalue weighted by molar-refractivity contribution is 1.17. The lowest BCUT2D eigenvalue weighted by Crippen LogP contribution is -2.74. The zero-order valence-corrected chi connectivity index (χ0v) is 38.6. The first kappa shape index (κ1) is 35.4. The minimum atomic E-state index is -3.05. The summed E-state index contributed by atoms with van der Waals surface area (Å²) in [6.07, 6.45) is 0. The molecule has 0 aliphatic heterocycles. The van der Waals surface area contributed by atoms with Gasteiger partial charge in [-0.25, -0.2) is 0 Å². The number of benzene rings is 11. The van der Waals surface area contributed by atoms with Crippen LogP contribution in [0.5, 0.6) is 0 Å². The first-order chi connectivity index (χ1) is 36.3. The molecule has 0 aliphatic rings. The van der Waals surface area contributed by atoms with Crippen LogP contribution in [0.4, 0.5) is 0 Å². The van der Waals surface area contributed by atoms with Crippen LogP contribution in [0.1, 0.15) is 6.85 Å². The number of nitrogens with zero attached hydrogens (tertiary/aromatic N) is 2. The highest BCUT2D eigenvalue weighted by molar-refractivity contribution is 7.20. The summed E-state index contributed by atoms with van der Waals surface area (Å²) >= 11 is 0. The van der Waals surface area contributed by atoms with Crippen molar-refractivity contribution < 1.29 is 6.85 Å². The summed E-state index contributed by atoms with van der Waals surface area (Å²) in [5.41, 5.74) is 10.9. The smallest absolute Gasteiger partial charge is 0.180 e. The second kappa shape index (κ2) is 16.8. The Morgan fingerprint density at radius 2 is 0.768 bits per heavy atom. The van der Waals surface area contributed by atoms with Gasteiger partial charge in [-0.1, -0.05) is 224 Å². The molecule has 2 heterocycles. The van der Waals surface area contributed by atoms with E-state index in [1.165, 1.54) is 42.6 Å². The predicted octanol–water partition coefficient (Wildman–Crippen LogP) is 14.3. The van der Waals surface area contributed by atoms with Gasteiger partial charge in [-0.3, -0.25) is 0 Å². The molecule has 0 fully saturated rings. The Morgan fingerprint density at radius 1 is 0.290 bits per heavy atom. The molecule has 0 atom stereocenters. The van der Waals surface area contributed by atoms with Crippen molar-refractivity contribution in [3.05, 3.63) is 279 Å². The monoisotopic (exact) mass is 899 g/mol. The molecule has 0 radical (unpaired) electrons. The summed E-state index contributed by atoms with van der Waals surface area (Å²) in [6.45, 7) is 0. The van der Waals surface area contributed by atoms with E-state index in [2.05, 4.69) is 215 Å². The molecule has 2 nitrogen and oxygen atoms in total. The maximum atomic E-state index is 9.00. The standard InChI is InChI=1S/C66H46N2Si/c1-6-21-47(22-7-1)50-37-40-57(41-38-50)69(55-27-12-4-13-28-55,56-29-14-5-15-30-56)65-36-20-35-64-66(65)59-32-17-19-34-62(59)67(64)53-39-42-63-60(46-53)58-31-16-18-33-61(58)68(63)54-44-51(48-23-8-2-9-24-48)43-52(45-54)49-25-10-3-11-26-49/h1-46H/i2D,8D,9D,23D,24D. The lowest BCUT2D eigenvalue weighted by atomic mass is 9.98. The molecule has 0 saturated heterocycles. The van der Waals surface area contributed by atoms with Crippen molar-refractivity contribution in [3.63, 3.8) is 0 Å². The van der Waals surface area contributed by atoms with E-state index in [1.54, 1.807) is 0 Å². The van der Waals surface area contributed by atoms with Crippen LogP contribution in [0.2, 0.25) is 0 Å². The first-order valence-corrected chi connectivity index (χ1v) is 25.4. The van der Waals surface area contributed by atoms with Crippen LogP contribution < -0.4 is 20.7 Å².